The fourth-order valence-corrected chi connectivity index (χ4v) is 2.71. The lowest BCUT2D eigenvalue weighted by Gasteiger charge is -2.26. The molecule has 1 saturated heterocycles. The van der Waals surface area contributed by atoms with E-state index in [1.165, 1.54) is 12.8 Å². The van der Waals surface area contributed by atoms with Gasteiger partial charge in [-0.05, 0) is 44.4 Å². The lowest BCUT2D eigenvalue weighted by molar-refractivity contribution is 0.0741. The highest BCUT2D eigenvalue weighted by molar-refractivity contribution is 5.95. The average Bonchev–Trinajstić information content (AvgIpc) is 2.91. The Morgan fingerprint density at radius 3 is 2.84 bits per heavy atom. The third-order valence-corrected chi connectivity index (χ3v) is 3.76. The van der Waals surface area contributed by atoms with Crippen molar-refractivity contribution in [3.63, 3.8) is 0 Å². The molecule has 19 heavy (non-hydrogen) atoms. The largest absolute Gasteiger partial charge is 0.337 e. The van der Waals surface area contributed by atoms with E-state index in [0.29, 0.717) is 6.04 Å². The molecule has 0 aromatic heterocycles. The van der Waals surface area contributed by atoms with Crippen molar-refractivity contribution in [3.05, 3.63) is 35.4 Å². The Kier molecular flexibility index (Phi) is 4.97. The second-order valence-corrected chi connectivity index (χ2v) is 5.36. The first kappa shape index (κ1) is 14.1. The van der Waals surface area contributed by atoms with Crippen LogP contribution < -0.4 is 5.32 Å². The summed E-state index contributed by atoms with van der Waals surface area (Å²) in [7, 11) is 0. The first-order valence-electron chi connectivity index (χ1n) is 7.30. The van der Waals surface area contributed by atoms with Gasteiger partial charge in [-0.25, -0.2) is 0 Å². The van der Waals surface area contributed by atoms with Gasteiger partial charge in [0.1, 0.15) is 0 Å². The molecule has 0 aliphatic carbocycles. The number of carbonyl (C=O) groups excluding carboxylic acids is 1. The summed E-state index contributed by atoms with van der Waals surface area (Å²) < 4.78 is 0. The maximum Gasteiger partial charge on any atom is 0.254 e. The average molecular weight is 260 g/mol. The van der Waals surface area contributed by atoms with Gasteiger partial charge < -0.3 is 10.2 Å². The predicted molar refractivity (Wildman–Crippen MR) is 78.4 cm³/mol. The molecule has 1 aliphatic heterocycles. The predicted octanol–water partition coefficient (Wildman–Crippen LogP) is 2.60. The molecule has 3 heteroatoms. The van der Waals surface area contributed by atoms with Crippen LogP contribution in [0.1, 0.15) is 42.1 Å². The van der Waals surface area contributed by atoms with Crippen LogP contribution in [0.2, 0.25) is 0 Å². The Balaban J connectivity index is 2.09. The van der Waals surface area contributed by atoms with Crippen molar-refractivity contribution in [2.45, 2.75) is 39.2 Å². The molecular formula is C16H24N2O. The monoisotopic (exact) mass is 260 g/mol. The minimum atomic E-state index is 0.175. The summed E-state index contributed by atoms with van der Waals surface area (Å²) >= 11 is 0. The standard InChI is InChI=1S/C16H24N2O/c1-3-11-18(12-14-8-6-10-17-14)16(19)15-9-5-4-7-13(15)2/h4-5,7,9,14,17H,3,6,8,10-12H2,1-2H3. The lowest BCUT2D eigenvalue weighted by Crippen LogP contribution is -2.41. The molecule has 1 amide bonds. The van der Waals surface area contributed by atoms with Crippen molar-refractivity contribution in [3.8, 4) is 0 Å². The smallest absolute Gasteiger partial charge is 0.254 e. The topological polar surface area (TPSA) is 32.3 Å². The van der Waals surface area contributed by atoms with Gasteiger partial charge in [-0.2, -0.15) is 0 Å². The quantitative estimate of drug-likeness (QED) is 0.882. The van der Waals surface area contributed by atoms with Gasteiger partial charge in [0.05, 0.1) is 0 Å². The fourth-order valence-electron chi connectivity index (χ4n) is 2.71. The molecular weight excluding hydrogens is 236 g/mol. The van der Waals surface area contributed by atoms with E-state index in [1.807, 2.05) is 36.1 Å². The molecule has 1 aromatic rings. The number of nitrogens with zero attached hydrogens (tertiary/aromatic N) is 1. The Morgan fingerprint density at radius 1 is 1.42 bits per heavy atom. The van der Waals surface area contributed by atoms with E-state index >= 15 is 0 Å². The van der Waals surface area contributed by atoms with Gasteiger partial charge in [0, 0.05) is 24.7 Å². The van der Waals surface area contributed by atoms with Gasteiger partial charge in [-0.3, -0.25) is 4.79 Å². The Morgan fingerprint density at radius 2 is 2.21 bits per heavy atom. The summed E-state index contributed by atoms with van der Waals surface area (Å²) in [6, 6.07) is 8.33. The lowest BCUT2D eigenvalue weighted by atomic mass is 10.1. The first-order chi connectivity index (χ1) is 9.22. The van der Waals surface area contributed by atoms with Crippen molar-refractivity contribution in [2.75, 3.05) is 19.6 Å². The third-order valence-electron chi connectivity index (χ3n) is 3.76. The molecule has 0 spiro atoms. The first-order valence-corrected chi connectivity index (χ1v) is 7.30. The highest BCUT2D eigenvalue weighted by Gasteiger charge is 2.22. The van der Waals surface area contributed by atoms with Gasteiger partial charge in [0.15, 0.2) is 0 Å². The minimum Gasteiger partial charge on any atom is -0.337 e. The van der Waals surface area contributed by atoms with Crippen LogP contribution in [0.5, 0.6) is 0 Å². The number of hydrogen-bond acceptors (Lipinski definition) is 2. The summed E-state index contributed by atoms with van der Waals surface area (Å²) in [5.41, 5.74) is 1.90. The van der Waals surface area contributed by atoms with Crippen molar-refractivity contribution >= 4 is 5.91 Å². The normalized spacial score (nSPS) is 18.5. The summed E-state index contributed by atoms with van der Waals surface area (Å²) in [5, 5.41) is 3.47. The number of carbonyl (C=O) groups is 1. The molecule has 1 N–H and O–H groups in total. The van der Waals surface area contributed by atoms with Gasteiger partial charge >= 0.3 is 0 Å². The molecule has 1 aliphatic rings. The van der Waals surface area contributed by atoms with Gasteiger partial charge in [0.2, 0.25) is 0 Å². The van der Waals surface area contributed by atoms with Gasteiger partial charge in [0.25, 0.3) is 5.91 Å². The zero-order valence-electron chi connectivity index (χ0n) is 12.0. The maximum absolute atomic E-state index is 12.6. The van der Waals surface area contributed by atoms with Crippen LogP contribution in [-0.2, 0) is 0 Å². The molecule has 2 rings (SSSR count). The van der Waals surface area contributed by atoms with Crippen LogP contribution in [0.3, 0.4) is 0 Å². The van der Waals surface area contributed by atoms with Crippen LogP contribution >= 0.6 is 0 Å². The molecule has 104 valence electrons. The number of amides is 1. The van der Waals surface area contributed by atoms with Gasteiger partial charge in [-0.15, -0.1) is 0 Å². The van der Waals surface area contributed by atoms with E-state index in [2.05, 4.69) is 12.2 Å². The molecule has 0 saturated carbocycles. The van der Waals surface area contributed by atoms with E-state index in [0.717, 1.165) is 37.2 Å². The van der Waals surface area contributed by atoms with Crippen LogP contribution in [0.25, 0.3) is 0 Å². The van der Waals surface area contributed by atoms with E-state index in [9.17, 15) is 4.79 Å². The fraction of sp³-hybridized carbons (Fsp3) is 0.562. The van der Waals surface area contributed by atoms with Crippen LogP contribution in [-0.4, -0.2) is 36.5 Å². The van der Waals surface area contributed by atoms with Crippen molar-refractivity contribution in [2.24, 2.45) is 0 Å². The van der Waals surface area contributed by atoms with E-state index < -0.39 is 0 Å². The summed E-state index contributed by atoms with van der Waals surface area (Å²) in [6.45, 7) is 6.89. The minimum absolute atomic E-state index is 0.175. The number of hydrogen-bond donors (Lipinski definition) is 1. The zero-order valence-corrected chi connectivity index (χ0v) is 12.0. The highest BCUT2D eigenvalue weighted by atomic mass is 16.2. The van der Waals surface area contributed by atoms with E-state index in [-0.39, 0.29) is 5.91 Å². The molecule has 1 atom stereocenters. The number of nitrogens with one attached hydrogen (secondary N) is 1. The molecule has 1 heterocycles. The highest BCUT2D eigenvalue weighted by Crippen LogP contribution is 2.14. The molecule has 1 aromatic carbocycles. The van der Waals surface area contributed by atoms with Crippen molar-refractivity contribution < 1.29 is 4.79 Å². The zero-order chi connectivity index (χ0) is 13.7. The number of aryl methyl sites for hydroxylation is 1. The summed E-state index contributed by atoms with van der Waals surface area (Å²) in [5.74, 6) is 0.175. The van der Waals surface area contributed by atoms with Gasteiger partial charge in [-0.1, -0.05) is 25.1 Å². The summed E-state index contributed by atoms with van der Waals surface area (Å²) in [4.78, 5) is 14.6. The SMILES string of the molecule is CCCN(CC1CCCN1)C(=O)c1ccccc1C. The van der Waals surface area contributed by atoms with Crippen LogP contribution in [0, 0.1) is 6.92 Å². The molecule has 1 unspecified atom stereocenters. The van der Waals surface area contributed by atoms with Crippen LogP contribution in [0.15, 0.2) is 24.3 Å². The second kappa shape index (κ2) is 6.71. The number of rotatable bonds is 5. The molecule has 1 fully saturated rings. The number of benzene rings is 1. The summed E-state index contributed by atoms with van der Waals surface area (Å²) in [6.07, 6.45) is 3.41. The Bertz CT molecular complexity index is 425. The van der Waals surface area contributed by atoms with Crippen molar-refractivity contribution in [1.29, 1.82) is 0 Å². The van der Waals surface area contributed by atoms with E-state index in [4.69, 9.17) is 0 Å². The molecule has 3 nitrogen and oxygen atoms in total. The Labute approximate surface area is 116 Å². The maximum atomic E-state index is 12.6. The molecule has 0 bridgehead atoms. The molecule has 0 radical (unpaired) electrons. The third kappa shape index (κ3) is 3.57. The van der Waals surface area contributed by atoms with Crippen molar-refractivity contribution in [1.82, 2.24) is 10.2 Å². The van der Waals surface area contributed by atoms with Crippen LogP contribution in [0.4, 0.5) is 0 Å². The second-order valence-electron chi connectivity index (χ2n) is 5.36. The van der Waals surface area contributed by atoms with E-state index in [1.54, 1.807) is 0 Å². The Hall–Kier alpha value is -1.35.